The van der Waals surface area contributed by atoms with Crippen LogP contribution >= 0.6 is 11.3 Å². The van der Waals surface area contributed by atoms with Crippen LogP contribution in [0.3, 0.4) is 0 Å². The Hall–Kier alpha value is -2.87. The predicted molar refractivity (Wildman–Crippen MR) is 119 cm³/mol. The van der Waals surface area contributed by atoms with Crippen molar-refractivity contribution < 1.29 is 28.0 Å². The Labute approximate surface area is 191 Å². The number of carbonyl (C=O) groups is 2. The molecular weight excluding hydrogens is 452 g/mol. The van der Waals surface area contributed by atoms with Crippen LogP contribution in [-0.4, -0.2) is 55.8 Å². The number of carbonyl (C=O) groups excluding carboxylic acids is 2. The molecule has 2 aromatic rings. The molecule has 0 radical (unpaired) electrons. The van der Waals surface area contributed by atoms with E-state index in [0.29, 0.717) is 4.88 Å². The predicted octanol–water partition coefficient (Wildman–Crippen LogP) is 2.35. The molecule has 0 atom stereocenters. The van der Waals surface area contributed by atoms with Crippen molar-refractivity contribution in [1.29, 1.82) is 0 Å². The topological polar surface area (TPSA) is 113 Å². The lowest BCUT2D eigenvalue weighted by Gasteiger charge is -2.39. The molecule has 8 nitrogen and oxygen atoms in total. The molecule has 1 aromatic heterocycles. The third-order valence-corrected chi connectivity index (χ3v) is 8.25. The Morgan fingerprint density at radius 3 is 2.56 bits per heavy atom. The standard InChI is InChI=1S/C22H24N2O6S2/c1-2-3-14-30-17-7-4-5-9-19(17)32(28,29)16-22(21(26)23-27)10-12-24(13-11-22)20(25)18-8-6-15-31-18/h4-9,15,27H,10-14,16H2,1H3,(H,23,26). The number of amides is 2. The van der Waals surface area contributed by atoms with Gasteiger partial charge in [0.05, 0.1) is 16.0 Å². The molecule has 2 N–H and O–H groups in total. The van der Waals surface area contributed by atoms with Gasteiger partial charge in [0, 0.05) is 13.1 Å². The number of para-hydroxylation sites is 1. The van der Waals surface area contributed by atoms with Crippen LogP contribution in [0.1, 0.15) is 29.4 Å². The van der Waals surface area contributed by atoms with Crippen molar-refractivity contribution in [1.82, 2.24) is 10.4 Å². The molecule has 0 saturated carbocycles. The van der Waals surface area contributed by atoms with Crippen LogP contribution in [0.15, 0.2) is 46.7 Å². The van der Waals surface area contributed by atoms with E-state index in [4.69, 9.17) is 4.74 Å². The first-order valence-electron chi connectivity index (χ1n) is 9.94. The number of piperidine rings is 1. The van der Waals surface area contributed by atoms with Gasteiger partial charge < -0.3 is 9.64 Å². The van der Waals surface area contributed by atoms with Crippen molar-refractivity contribution in [2.24, 2.45) is 5.41 Å². The number of ether oxygens (including phenoxy) is 1. The van der Waals surface area contributed by atoms with Gasteiger partial charge in [0.1, 0.15) is 17.3 Å². The smallest absolute Gasteiger partial charge is 0.263 e. The summed E-state index contributed by atoms with van der Waals surface area (Å²) in [4.78, 5) is 27.4. The second-order valence-electron chi connectivity index (χ2n) is 7.41. The molecule has 0 aliphatic carbocycles. The molecule has 1 aliphatic heterocycles. The summed E-state index contributed by atoms with van der Waals surface area (Å²) in [6, 6.07) is 9.68. The van der Waals surface area contributed by atoms with Crippen molar-refractivity contribution in [2.75, 3.05) is 25.4 Å². The first kappa shape index (κ1) is 23.8. The fourth-order valence-corrected chi connectivity index (χ4v) is 6.42. The van der Waals surface area contributed by atoms with Gasteiger partial charge in [-0.05, 0) is 43.3 Å². The molecule has 3 rings (SSSR count). The van der Waals surface area contributed by atoms with Crippen molar-refractivity contribution in [3.63, 3.8) is 0 Å². The molecule has 1 aromatic carbocycles. The van der Waals surface area contributed by atoms with Crippen LogP contribution in [0.2, 0.25) is 0 Å². The van der Waals surface area contributed by atoms with E-state index in [0.717, 1.165) is 0 Å². The molecule has 1 fully saturated rings. The summed E-state index contributed by atoms with van der Waals surface area (Å²) in [7, 11) is -3.97. The number of nitrogens with one attached hydrogen (secondary N) is 1. The molecular formula is C22H24N2O6S2. The molecule has 0 bridgehead atoms. The molecule has 2 amide bonds. The van der Waals surface area contributed by atoms with Gasteiger partial charge >= 0.3 is 0 Å². The second-order valence-corrected chi connectivity index (χ2v) is 10.3. The average molecular weight is 477 g/mol. The van der Waals surface area contributed by atoms with E-state index >= 15 is 0 Å². The summed E-state index contributed by atoms with van der Waals surface area (Å²) >= 11 is 1.32. The summed E-state index contributed by atoms with van der Waals surface area (Å²) < 4.78 is 32.2. The lowest BCUT2D eigenvalue weighted by molar-refractivity contribution is -0.141. The monoisotopic (exact) mass is 476 g/mol. The number of hydrogen-bond acceptors (Lipinski definition) is 7. The van der Waals surface area contributed by atoms with E-state index in [1.807, 2.05) is 0 Å². The fourth-order valence-electron chi connectivity index (χ4n) is 3.70. The Morgan fingerprint density at radius 1 is 1.22 bits per heavy atom. The number of rotatable bonds is 7. The zero-order chi connectivity index (χ0) is 23.2. The summed E-state index contributed by atoms with van der Waals surface area (Å²) in [5.41, 5.74) is 0.245. The summed E-state index contributed by atoms with van der Waals surface area (Å²) in [6.07, 6.45) is 0.195. The second kappa shape index (κ2) is 10.2. The third-order valence-electron chi connectivity index (χ3n) is 5.45. The Kier molecular flexibility index (Phi) is 7.56. The first-order chi connectivity index (χ1) is 15.3. The molecule has 2 heterocycles. The Balaban J connectivity index is 1.83. The highest BCUT2D eigenvalue weighted by atomic mass is 32.2. The van der Waals surface area contributed by atoms with Gasteiger partial charge in [0.2, 0.25) is 0 Å². The number of hydroxylamine groups is 1. The van der Waals surface area contributed by atoms with Gasteiger partial charge in [-0.25, -0.2) is 13.9 Å². The maximum Gasteiger partial charge on any atom is 0.263 e. The minimum Gasteiger partial charge on any atom is -0.480 e. The highest BCUT2D eigenvalue weighted by Gasteiger charge is 2.46. The maximum atomic E-state index is 13.3. The number of hydrogen-bond donors (Lipinski definition) is 2. The lowest BCUT2D eigenvalue weighted by atomic mass is 9.79. The average Bonchev–Trinajstić information content (AvgIpc) is 3.34. The molecule has 32 heavy (non-hydrogen) atoms. The largest absolute Gasteiger partial charge is 0.480 e. The number of nitrogens with zero attached hydrogens (tertiary/aromatic N) is 1. The molecule has 1 aliphatic rings. The van der Waals surface area contributed by atoms with Crippen LogP contribution in [0, 0.1) is 17.3 Å². The molecule has 1 saturated heterocycles. The number of likely N-dealkylation sites (tertiary alicyclic amines) is 1. The van der Waals surface area contributed by atoms with Gasteiger partial charge in [-0.15, -0.1) is 17.3 Å². The molecule has 10 heteroatoms. The summed E-state index contributed by atoms with van der Waals surface area (Å²) in [6.45, 7) is 2.08. The van der Waals surface area contributed by atoms with Crippen molar-refractivity contribution in [2.45, 2.75) is 24.7 Å². The van der Waals surface area contributed by atoms with Crippen molar-refractivity contribution >= 4 is 33.0 Å². The minimum absolute atomic E-state index is 0.0328. The minimum atomic E-state index is -3.97. The zero-order valence-electron chi connectivity index (χ0n) is 17.5. The van der Waals surface area contributed by atoms with E-state index in [-0.39, 0.29) is 49.1 Å². The van der Waals surface area contributed by atoms with Crippen LogP contribution in [0.4, 0.5) is 0 Å². The number of thiophene rings is 1. The van der Waals surface area contributed by atoms with Crippen molar-refractivity contribution in [3.8, 4) is 17.6 Å². The maximum absolute atomic E-state index is 13.3. The fraction of sp³-hybridized carbons (Fsp3) is 0.364. The number of sulfone groups is 1. The van der Waals surface area contributed by atoms with E-state index in [1.165, 1.54) is 23.5 Å². The van der Waals surface area contributed by atoms with Gasteiger partial charge in [-0.2, -0.15) is 0 Å². The molecule has 0 unspecified atom stereocenters. The highest BCUT2D eigenvalue weighted by molar-refractivity contribution is 7.91. The van der Waals surface area contributed by atoms with Gasteiger partial charge in [0.25, 0.3) is 11.8 Å². The van der Waals surface area contributed by atoms with E-state index < -0.39 is 26.9 Å². The van der Waals surface area contributed by atoms with Crippen LogP contribution in [0.25, 0.3) is 0 Å². The normalized spacial score (nSPS) is 15.4. The lowest BCUT2D eigenvalue weighted by Crippen LogP contribution is -2.52. The van der Waals surface area contributed by atoms with Gasteiger partial charge in [-0.1, -0.05) is 24.1 Å². The molecule has 170 valence electrons. The summed E-state index contributed by atoms with van der Waals surface area (Å²) in [5.74, 6) is 4.09. The van der Waals surface area contributed by atoms with Crippen molar-refractivity contribution in [3.05, 3.63) is 46.7 Å². The van der Waals surface area contributed by atoms with E-state index in [2.05, 4.69) is 11.8 Å². The summed E-state index contributed by atoms with van der Waals surface area (Å²) in [5, 5.41) is 11.1. The van der Waals surface area contributed by atoms with Crippen LogP contribution < -0.4 is 10.2 Å². The third kappa shape index (κ3) is 5.12. The van der Waals surface area contributed by atoms with Crippen LogP contribution in [0.5, 0.6) is 5.75 Å². The Morgan fingerprint density at radius 2 is 1.94 bits per heavy atom. The zero-order valence-corrected chi connectivity index (χ0v) is 19.2. The quantitative estimate of drug-likeness (QED) is 0.360. The van der Waals surface area contributed by atoms with E-state index in [9.17, 15) is 23.2 Å². The van der Waals surface area contributed by atoms with Crippen LogP contribution in [-0.2, 0) is 14.6 Å². The highest BCUT2D eigenvalue weighted by Crippen LogP contribution is 2.37. The first-order valence-corrected chi connectivity index (χ1v) is 12.5. The van der Waals surface area contributed by atoms with Gasteiger partial charge in [0.15, 0.2) is 9.84 Å². The molecule has 0 spiro atoms. The van der Waals surface area contributed by atoms with Gasteiger partial charge in [-0.3, -0.25) is 14.8 Å². The van der Waals surface area contributed by atoms with E-state index in [1.54, 1.807) is 46.9 Å². The SMILES string of the molecule is CC#CCOc1ccccc1S(=O)(=O)CC1(C(=O)NO)CCN(C(=O)c2cccs2)CC1. The Bertz CT molecular complexity index is 1120. The number of benzene rings is 1.